The molecule has 1 heterocycles. The third-order valence-corrected chi connectivity index (χ3v) is 3.90. The van der Waals surface area contributed by atoms with Crippen LogP contribution in [0.15, 0.2) is 0 Å². The van der Waals surface area contributed by atoms with Crippen molar-refractivity contribution in [1.82, 2.24) is 10.2 Å². The first-order valence-electron chi connectivity index (χ1n) is 7.73. The molecule has 1 aliphatic rings. The zero-order chi connectivity index (χ0) is 13.2. The highest BCUT2D eigenvalue weighted by Crippen LogP contribution is 2.11. The minimum absolute atomic E-state index is 0.226. The van der Waals surface area contributed by atoms with Crippen molar-refractivity contribution < 1.29 is 4.79 Å². The predicted octanol–water partition coefficient (Wildman–Crippen LogP) is 2.95. The number of nitrogens with zero attached hydrogens (tertiary/aromatic N) is 1. The summed E-state index contributed by atoms with van der Waals surface area (Å²) in [4.78, 5) is 13.2. The first kappa shape index (κ1) is 15.5. The fourth-order valence-electron chi connectivity index (χ4n) is 2.61. The van der Waals surface area contributed by atoms with E-state index in [1.165, 1.54) is 38.5 Å². The molecule has 0 bridgehead atoms. The summed E-state index contributed by atoms with van der Waals surface area (Å²) in [6, 6.07) is 0.635. The van der Waals surface area contributed by atoms with E-state index in [2.05, 4.69) is 12.2 Å². The second-order valence-electron chi connectivity index (χ2n) is 5.50. The van der Waals surface area contributed by atoms with E-state index in [4.69, 9.17) is 0 Å². The zero-order valence-corrected chi connectivity index (χ0v) is 12.2. The molecule has 1 rings (SSSR count). The van der Waals surface area contributed by atoms with Gasteiger partial charge in [-0.05, 0) is 25.8 Å². The SMILES string of the molecule is CCCCCCCCNC1CCN(C(C)=O)CC1. The summed E-state index contributed by atoms with van der Waals surface area (Å²) in [6.45, 7) is 6.95. The average molecular weight is 254 g/mol. The lowest BCUT2D eigenvalue weighted by Gasteiger charge is -2.31. The Morgan fingerprint density at radius 2 is 1.72 bits per heavy atom. The van der Waals surface area contributed by atoms with Crippen LogP contribution in [0.4, 0.5) is 0 Å². The molecule has 1 amide bonds. The van der Waals surface area contributed by atoms with Crippen LogP contribution < -0.4 is 5.32 Å². The van der Waals surface area contributed by atoms with Crippen molar-refractivity contribution in [2.75, 3.05) is 19.6 Å². The maximum absolute atomic E-state index is 11.2. The van der Waals surface area contributed by atoms with Crippen LogP contribution in [0.25, 0.3) is 0 Å². The Hall–Kier alpha value is -0.570. The highest BCUT2D eigenvalue weighted by molar-refractivity contribution is 5.73. The maximum Gasteiger partial charge on any atom is 0.219 e. The van der Waals surface area contributed by atoms with Crippen molar-refractivity contribution in [2.45, 2.75) is 71.3 Å². The molecular weight excluding hydrogens is 224 g/mol. The Morgan fingerprint density at radius 3 is 2.33 bits per heavy atom. The van der Waals surface area contributed by atoms with Crippen LogP contribution in [-0.2, 0) is 4.79 Å². The largest absolute Gasteiger partial charge is 0.343 e. The molecule has 1 saturated heterocycles. The lowest BCUT2D eigenvalue weighted by molar-refractivity contribution is -0.129. The molecule has 1 aliphatic heterocycles. The molecule has 0 aromatic heterocycles. The fourth-order valence-corrected chi connectivity index (χ4v) is 2.61. The van der Waals surface area contributed by atoms with Gasteiger partial charge >= 0.3 is 0 Å². The molecule has 0 aliphatic carbocycles. The topological polar surface area (TPSA) is 32.3 Å². The van der Waals surface area contributed by atoms with Crippen LogP contribution in [0.2, 0.25) is 0 Å². The summed E-state index contributed by atoms with van der Waals surface area (Å²) in [7, 11) is 0. The lowest BCUT2D eigenvalue weighted by atomic mass is 10.0. The van der Waals surface area contributed by atoms with Gasteiger partial charge in [0.2, 0.25) is 5.91 Å². The minimum atomic E-state index is 0.226. The highest BCUT2D eigenvalue weighted by atomic mass is 16.2. The van der Waals surface area contributed by atoms with E-state index in [1.807, 2.05) is 4.90 Å². The van der Waals surface area contributed by atoms with Crippen molar-refractivity contribution in [1.29, 1.82) is 0 Å². The molecule has 106 valence electrons. The van der Waals surface area contributed by atoms with Gasteiger partial charge in [0.1, 0.15) is 0 Å². The quantitative estimate of drug-likeness (QED) is 0.675. The van der Waals surface area contributed by atoms with Gasteiger partial charge in [0.05, 0.1) is 0 Å². The van der Waals surface area contributed by atoms with Gasteiger partial charge < -0.3 is 10.2 Å². The van der Waals surface area contributed by atoms with E-state index in [-0.39, 0.29) is 5.91 Å². The molecule has 18 heavy (non-hydrogen) atoms. The number of piperidine rings is 1. The maximum atomic E-state index is 11.2. The number of amides is 1. The number of rotatable bonds is 8. The van der Waals surface area contributed by atoms with Crippen LogP contribution in [0.3, 0.4) is 0 Å². The van der Waals surface area contributed by atoms with Gasteiger partial charge in [0.25, 0.3) is 0 Å². The van der Waals surface area contributed by atoms with Gasteiger partial charge in [0.15, 0.2) is 0 Å². The van der Waals surface area contributed by atoms with E-state index in [0.29, 0.717) is 6.04 Å². The molecule has 1 N–H and O–H groups in total. The van der Waals surface area contributed by atoms with Gasteiger partial charge in [-0.3, -0.25) is 4.79 Å². The van der Waals surface area contributed by atoms with Gasteiger partial charge in [-0.1, -0.05) is 39.0 Å². The molecule has 0 saturated carbocycles. The minimum Gasteiger partial charge on any atom is -0.343 e. The second kappa shape index (κ2) is 9.37. The number of carbonyl (C=O) groups excluding carboxylic acids is 1. The zero-order valence-electron chi connectivity index (χ0n) is 12.2. The Kier molecular flexibility index (Phi) is 8.06. The molecule has 0 atom stereocenters. The smallest absolute Gasteiger partial charge is 0.219 e. The average Bonchev–Trinajstić information content (AvgIpc) is 2.38. The van der Waals surface area contributed by atoms with Gasteiger partial charge in [-0.15, -0.1) is 0 Å². The summed E-state index contributed by atoms with van der Waals surface area (Å²) in [5, 5.41) is 3.63. The van der Waals surface area contributed by atoms with E-state index >= 15 is 0 Å². The molecule has 3 heteroatoms. The van der Waals surface area contributed by atoms with Crippen molar-refractivity contribution in [3.63, 3.8) is 0 Å². The first-order chi connectivity index (χ1) is 8.74. The third kappa shape index (κ3) is 6.39. The molecule has 0 radical (unpaired) electrons. The van der Waals surface area contributed by atoms with E-state index in [9.17, 15) is 4.79 Å². The van der Waals surface area contributed by atoms with Gasteiger partial charge in [-0.25, -0.2) is 0 Å². The lowest BCUT2D eigenvalue weighted by Crippen LogP contribution is -2.44. The monoisotopic (exact) mass is 254 g/mol. The number of hydrogen-bond acceptors (Lipinski definition) is 2. The number of hydrogen-bond donors (Lipinski definition) is 1. The molecule has 0 aromatic carbocycles. The molecule has 0 aromatic rings. The molecule has 0 spiro atoms. The Labute approximate surface area is 112 Å². The first-order valence-corrected chi connectivity index (χ1v) is 7.73. The van der Waals surface area contributed by atoms with Crippen LogP contribution in [0, 0.1) is 0 Å². The summed E-state index contributed by atoms with van der Waals surface area (Å²) in [6.07, 6.45) is 10.4. The Morgan fingerprint density at radius 1 is 1.11 bits per heavy atom. The molecular formula is C15H30N2O. The van der Waals surface area contributed by atoms with Crippen LogP contribution >= 0.6 is 0 Å². The van der Waals surface area contributed by atoms with E-state index in [0.717, 1.165) is 32.5 Å². The number of nitrogens with one attached hydrogen (secondary N) is 1. The van der Waals surface area contributed by atoms with E-state index < -0.39 is 0 Å². The highest BCUT2D eigenvalue weighted by Gasteiger charge is 2.19. The van der Waals surface area contributed by atoms with Crippen LogP contribution in [0.1, 0.15) is 65.2 Å². The standard InChI is InChI=1S/C15H30N2O/c1-3-4-5-6-7-8-11-16-15-9-12-17(13-10-15)14(2)18/h15-16H,3-13H2,1-2H3. The van der Waals surface area contributed by atoms with Crippen molar-refractivity contribution in [3.8, 4) is 0 Å². The van der Waals surface area contributed by atoms with Gasteiger partial charge in [0, 0.05) is 26.1 Å². The third-order valence-electron chi connectivity index (χ3n) is 3.90. The van der Waals surface area contributed by atoms with Crippen LogP contribution in [0.5, 0.6) is 0 Å². The van der Waals surface area contributed by atoms with Gasteiger partial charge in [-0.2, -0.15) is 0 Å². The normalized spacial score (nSPS) is 17.1. The Bertz CT molecular complexity index is 223. The number of unbranched alkanes of at least 4 members (excludes halogenated alkanes) is 5. The molecule has 0 unspecified atom stereocenters. The van der Waals surface area contributed by atoms with E-state index in [1.54, 1.807) is 6.92 Å². The Balaban J connectivity index is 1.93. The summed E-state index contributed by atoms with van der Waals surface area (Å²) < 4.78 is 0. The molecule has 1 fully saturated rings. The summed E-state index contributed by atoms with van der Waals surface area (Å²) in [5.41, 5.74) is 0. The molecule has 3 nitrogen and oxygen atoms in total. The number of carbonyl (C=O) groups is 1. The summed E-state index contributed by atoms with van der Waals surface area (Å²) >= 11 is 0. The fraction of sp³-hybridized carbons (Fsp3) is 0.933. The van der Waals surface area contributed by atoms with Crippen LogP contribution in [-0.4, -0.2) is 36.5 Å². The summed E-state index contributed by atoms with van der Waals surface area (Å²) in [5.74, 6) is 0.226. The van der Waals surface area contributed by atoms with Crippen molar-refractivity contribution in [3.05, 3.63) is 0 Å². The van der Waals surface area contributed by atoms with Crippen molar-refractivity contribution in [2.24, 2.45) is 0 Å². The second-order valence-corrected chi connectivity index (χ2v) is 5.50. The van der Waals surface area contributed by atoms with Crippen molar-refractivity contribution >= 4 is 5.91 Å². The number of likely N-dealkylation sites (tertiary alicyclic amines) is 1. The predicted molar refractivity (Wildman–Crippen MR) is 76.7 cm³/mol.